The summed E-state index contributed by atoms with van der Waals surface area (Å²) in [5, 5.41) is 8.77. The van der Waals surface area contributed by atoms with Gasteiger partial charge in [0.15, 0.2) is 0 Å². The number of hydrogen-bond acceptors (Lipinski definition) is 2. The fourth-order valence-corrected chi connectivity index (χ4v) is 2.13. The summed E-state index contributed by atoms with van der Waals surface area (Å²) in [5.74, 6) is 1.43. The quantitative estimate of drug-likeness (QED) is 0.502. The van der Waals surface area contributed by atoms with Crippen LogP contribution in [0.2, 0.25) is 0 Å². The van der Waals surface area contributed by atoms with Gasteiger partial charge in [-0.05, 0) is 24.7 Å². The first-order valence-corrected chi connectivity index (χ1v) is 3.89. The van der Waals surface area contributed by atoms with E-state index in [9.17, 15) is 0 Å². The minimum Gasteiger partial charge on any atom is -0.381 e. The second-order valence-corrected chi connectivity index (χ2v) is 3.29. The molecule has 1 aliphatic heterocycles. The van der Waals surface area contributed by atoms with Gasteiger partial charge in [0.05, 0.1) is 25.2 Å². The van der Waals surface area contributed by atoms with Crippen molar-refractivity contribution in [2.75, 3.05) is 13.2 Å². The van der Waals surface area contributed by atoms with Gasteiger partial charge < -0.3 is 4.74 Å². The molecule has 2 bridgehead atoms. The van der Waals surface area contributed by atoms with E-state index in [2.05, 4.69) is 6.07 Å². The molecular formula is C8H11NO. The highest BCUT2D eigenvalue weighted by Gasteiger charge is 2.39. The molecular weight excluding hydrogens is 126 g/mol. The predicted molar refractivity (Wildman–Crippen MR) is 36.1 cm³/mol. The molecule has 1 heterocycles. The van der Waals surface area contributed by atoms with E-state index in [4.69, 9.17) is 10.00 Å². The Morgan fingerprint density at radius 3 is 2.20 bits per heavy atom. The van der Waals surface area contributed by atoms with Gasteiger partial charge in [0, 0.05) is 0 Å². The third kappa shape index (κ3) is 0.741. The SMILES string of the molecule is N#CC1C2CCC1COC2. The number of fused-ring (bicyclic) bond motifs is 2. The summed E-state index contributed by atoms with van der Waals surface area (Å²) in [4.78, 5) is 0. The predicted octanol–water partition coefficient (Wildman–Crippen LogP) is 1.18. The summed E-state index contributed by atoms with van der Waals surface area (Å²) in [7, 11) is 0. The molecule has 2 fully saturated rings. The van der Waals surface area contributed by atoms with Gasteiger partial charge in [-0.3, -0.25) is 0 Å². The van der Waals surface area contributed by atoms with Gasteiger partial charge in [-0.25, -0.2) is 0 Å². The second kappa shape index (κ2) is 2.25. The highest BCUT2D eigenvalue weighted by Crippen LogP contribution is 2.40. The molecule has 0 amide bonds. The molecule has 1 aliphatic carbocycles. The number of nitrogens with zero attached hydrogens (tertiary/aromatic N) is 1. The van der Waals surface area contributed by atoms with E-state index >= 15 is 0 Å². The van der Waals surface area contributed by atoms with Crippen LogP contribution in [-0.4, -0.2) is 13.2 Å². The minimum atomic E-state index is 0.314. The summed E-state index contributed by atoms with van der Waals surface area (Å²) < 4.78 is 5.34. The van der Waals surface area contributed by atoms with Crippen LogP contribution in [0.4, 0.5) is 0 Å². The molecule has 1 saturated heterocycles. The van der Waals surface area contributed by atoms with Gasteiger partial charge in [0.25, 0.3) is 0 Å². The van der Waals surface area contributed by atoms with Crippen molar-refractivity contribution >= 4 is 0 Å². The Bertz CT molecular complexity index is 157. The number of hydrogen-bond donors (Lipinski definition) is 0. The average Bonchev–Trinajstić information content (AvgIpc) is 2.19. The molecule has 0 radical (unpaired) electrons. The van der Waals surface area contributed by atoms with Crippen molar-refractivity contribution in [1.82, 2.24) is 0 Å². The number of ether oxygens (including phenoxy) is 1. The Balaban J connectivity index is 2.15. The van der Waals surface area contributed by atoms with Crippen molar-refractivity contribution in [3.8, 4) is 6.07 Å². The molecule has 2 aliphatic rings. The van der Waals surface area contributed by atoms with E-state index in [1.54, 1.807) is 0 Å². The van der Waals surface area contributed by atoms with Crippen LogP contribution < -0.4 is 0 Å². The van der Waals surface area contributed by atoms with E-state index < -0.39 is 0 Å². The van der Waals surface area contributed by atoms with Crippen molar-refractivity contribution in [3.05, 3.63) is 0 Å². The molecule has 0 aromatic heterocycles. The van der Waals surface area contributed by atoms with Crippen LogP contribution in [0, 0.1) is 29.1 Å². The molecule has 54 valence electrons. The van der Waals surface area contributed by atoms with Crippen LogP contribution >= 0.6 is 0 Å². The minimum absolute atomic E-state index is 0.314. The van der Waals surface area contributed by atoms with Crippen molar-refractivity contribution < 1.29 is 4.74 Å². The molecule has 2 heteroatoms. The van der Waals surface area contributed by atoms with Gasteiger partial charge in [-0.1, -0.05) is 0 Å². The van der Waals surface area contributed by atoms with E-state index in [0.29, 0.717) is 17.8 Å². The van der Waals surface area contributed by atoms with Gasteiger partial charge in [-0.15, -0.1) is 0 Å². The Morgan fingerprint density at radius 1 is 1.20 bits per heavy atom. The summed E-state index contributed by atoms with van der Waals surface area (Å²) in [6.45, 7) is 1.66. The van der Waals surface area contributed by atoms with Crippen molar-refractivity contribution in [1.29, 1.82) is 5.26 Å². The van der Waals surface area contributed by atoms with Gasteiger partial charge >= 0.3 is 0 Å². The molecule has 0 aromatic rings. The summed E-state index contributed by atoms with van der Waals surface area (Å²) >= 11 is 0. The topological polar surface area (TPSA) is 33.0 Å². The molecule has 2 rings (SSSR count). The molecule has 0 spiro atoms. The molecule has 2 atom stereocenters. The summed E-state index contributed by atoms with van der Waals surface area (Å²) in [5.41, 5.74) is 0. The molecule has 10 heavy (non-hydrogen) atoms. The lowest BCUT2D eigenvalue weighted by atomic mass is 9.90. The van der Waals surface area contributed by atoms with E-state index in [1.807, 2.05) is 0 Å². The summed E-state index contributed by atoms with van der Waals surface area (Å²) in [6.07, 6.45) is 2.42. The first kappa shape index (κ1) is 6.18. The van der Waals surface area contributed by atoms with E-state index in [1.165, 1.54) is 12.8 Å². The van der Waals surface area contributed by atoms with Crippen LogP contribution in [-0.2, 0) is 4.74 Å². The van der Waals surface area contributed by atoms with Gasteiger partial charge in [0.2, 0.25) is 0 Å². The first-order valence-electron chi connectivity index (χ1n) is 3.89. The zero-order valence-corrected chi connectivity index (χ0v) is 5.92. The van der Waals surface area contributed by atoms with Crippen molar-refractivity contribution in [3.63, 3.8) is 0 Å². The lowest BCUT2D eigenvalue weighted by Gasteiger charge is -2.24. The maximum Gasteiger partial charge on any atom is 0.0663 e. The maximum atomic E-state index is 8.77. The van der Waals surface area contributed by atoms with Crippen LogP contribution in [0.3, 0.4) is 0 Å². The van der Waals surface area contributed by atoms with Crippen LogP contribution in [0.15, 0.2) is 0 Å². The molecule has 0 N–H and O–H groups in total. The fourth-order valence-electron chi connectivity index (χ4n) is 2.13. The fraction of sp³-hybridized carbons (Fsp3) is 0.875. The average molecular weight is 137 g/mol. The standard InChI is InChI=1S/C8H11NO/c9-3-8-6-1-2-7(8)5-10-4-6/h6-8H,1-2,4-5H2. The van der Waals surface area contributed by atoms with Gasteiger partial charge in [-0.2, -0.15) is 5.26 Å². The van der Waals surface area contributed by atoms with Crippen molar-refractivity contribution in [2.24, 2.45) is 17.8 Å². The highest BCUT2D eigenvalue weighted by molar-refractivity contribution is 4.99. The Labute approximate surface area is 60.8 Å². The highest BCUT2D eigenvalue weighted by atomic mass is 16.5. The third-order valence-corrected chi connectivity index (χ3v) is 2.74. The largest absolute Gasteiger partial charge is 0.381 e. The monoisotopic (exact) mass is 137 g/mol. The van der Waals surface area contributed by atoms with Crippen LogP contribution in [0.5, 0.6) is 0 Å². The number of rotatable bonds is 0. The van der Waals surface area contributed by atoms with E-state index in [-0.39, 0.29) is 0 Å². The zero-order valence-electron chi connectivity index (χ0n) is 5.92. The summed E-state index contributed by atoms with van der Waals surface area (Å²) in [6, 6.07) is 2.39. The Morgan fingerprint density at radius 2 is 1.80 bits per heavy atom. The Kier molecular flexibility index (Phi) is 1.39. The third-order valence-electron chi connectivity index (χ3n) is 2.74. The molecule has 1 saturated carbocycles. The maximum absolute atomic E-state index is 8.77. The number of nitriles is 1. The lowest BCUT2D eigenvalue weighted by molar-refractivity contribution is 0.0250. The second-order valence-electron chi connectivity index (χ2n) is 3.29. The zero-order chi connectivity index (χ0) is 6.97. The van der Waals surface area contributed by atoms with Crippen LogP contribution in [0.1, 0.15) is 12.8 Å². The lowest BCUT2D eigenvalue weighted by Crippen LogP contribution is -2.27. The van der Waals surface area contributed by atoms with Crippen molar-refractivity contribution in [2.45, 2.75) is 12.8 Å². The first-order chi connectivity index (χ1) is 4.92. The Hall–Kier alpha value is -0.550. The molecule has 2 unspecified atom stereocenters. The van der Waals surface area contributed by atoms with E-state index in [0.717, 1.165) is 13.2 Å². The molecule has 2 nitrogen and oxygen atoms in total. The molecule has 0 aromatic carbocycles. The smallest absolute Gasteiger partial charge is 0.0663 e. The van der Waals surface area contributed by atoms with Gasteiger partial charge in [0.1, 0.15) is 0 Å². The normalized spacial score (nSPS) is 44.9. The van der Waals surface area contributed by atoms with Crippen LogP contribution in [0.25, 0.3) is 0 Å².